The zero-order valence-electron chi connectivity index (χ0n) is 14.6. The summed E-state index contributed by atoms with van der Waals surface area (Å²) in [5, 5.41) is 0. The van der Waals surface area contributed by atoms with Crippen LogP contribution in [0, 0.1) is 6.92 Å². The predicted molar refractivity (Wildman–Crippen MR) is 101 cm³/mol. The number of hydrogen-bond acceptors (Lipinski definition) is 5. The summed E-state index contributed by atoms with van der Waals surface area (Å²) < 4.78 is 29.7. The highest BCUT2D eigenvalue weighted by molar-refractivity contribution is 7.93. The van der Waals surface area contributed by atoms with Gasteiger partial charge < -0.3 is 0 Å². The quantitative estimate of drug-likeness (QED) is 0.672. The highest BCUT2D eigenvalue weighted by Gasteiger charge is 2.23. The van der Waals surface area contributed by atoms with Gasteiger partial charge in [-0.3, -0.25) is 0 Å². The second-order valence-corrected chi connectivity index (χ2v) is 9.91. The monoisotopic (exact) mass is 372 g/mol. The van der Waals surface area contributed by atoms with Crippen LogP contribution < -0.4 is 0 Å². The van der Waals surface area contributed by atoms with Crippen LogP contribution in [0.15, 0.2) is 57.8 Å². The Bertz CT molecular complexity index is 998. The van der Waals surface area contributed by atoms with Crippen molar-refractivity contribution < 1.29 is 8.42 Å². The van der Waals surface area contributed by atoms with E-state index in [1.807, 2.05) is 25.1 Å². The number of benzene rings is 2. The van der Waals surface area contributed by atoms with Crippen molar-refractivity contribution in [2.75, 3.05) is 0 Å². The smallest absolute Gasteiger partial charge is 0.216 e. The number of rotatable bonds is 3. The molecule has 3 rings (SSSR count). The molecule has 1 aromatic heterocycles. The summed E-state index contributed by atoms with van der Waals surface area (Å²) in [6.45, 7) is 8.32. The van der Waals surface area contributed by atoms with Crippen LogP contribution in [0.25, 0.3) is 11.4 Å². The van der Waals surface area contributed by atoms with E-state index < -0.39 is 9.84 Å². The average Bonchev–Trinajstić information content (AvgIpc) is 3.05. The van der Waals surface area contributed by atoms with Crippen LogP contribution in [0.4, 0.5) is 0 Å². The number of hydrogen-bond donors (Lipinski definition) is 0. The lowest BCUT2D eigenvalue weighted by Gasteiger charge is -2.19. The summed E-state index contributed by atoms with van der Waals surface area (Å²) >= 11 is 0.915. The maximum absolute atomic E-state index is 12.7. The van der Waals surface area contributed by atoms with Crippen LogP contribution in [-0.4, -0.2) is 17.8 Å². The summed E-state index contributed by atoms with van der Waals surface area (Å²) in [5.41, 5.74) is 3.00. The van der Waals surface area contributed by atoms with E-state index in [4.69, 9.17) is 0 Å². The van der Waals surface area contributed by atoms with Gasteiger partial charge in [-0.15, -0.1) is 0 Å². The lowest BCUT2D eigenvalue weighted by Crippen LogP contribution is -2.10. The lowest BCUT2D eigenvalue weighted by molar-refractivity contribution is 0.590. The fraction of sp³-hybridized carbons (Fsp3) is 0.263. The molecule has 6 heteroatoms. The van der Waals surface area contributed by atoms with Crippen molar-refractivity contribution in [2.24, 2.45) is 0 Å². The van der Waals surface area contributed by atoms with Crippen LogP contribution in [0.1, 0.15) is 31.9 Å². The third kappa shape index (κ3) is 3.65. The lowest BCUT2D eigenvalue weighted by atomic mass is 9.86. The van der Waals surface area contributed by atoms with Crippen LogP contribution in [-0.2, 0) is 15.3 Å². The molecular weight excluding hydrogens is 352 g/mol. The summed E-state index contributed by atoms with van der Waals surface area (Å²) in [5.74, 6) is 0.446. The van der Waals surface area contributed by atoms with Crippen molar-refractivity contribution in [3.05, 3.63) is 59.7 Å². The SMILES string of the molecule is Cc1ccc(S(=O)(=O)c2nc(-c3cccc(C(C)(C)C)c3)ns2)cc1. The third-order valence-electron chi connectivity index (χ3n) is 3.96. The first kappa shape index (κ1) is 17.8. The Kier molecular flexibility index (Phi) is 4.51. The largest absolute Gasteiger partial charge is 0.235 e. The van der Waals surface area contributed by atoms with Crippen LogP contribution >= 0.6 is 11.5 Å². The molecule has 0 saturated heterocycles. The first-order valence-electron chi connectivity index (χ1n) is 7.94. The molecule has 1 heterocycles. The van der Waals surface area contributed by atoms with E-state index in [0.29, 0.717) is 5.82 Å². The Balaban J connectivity index is 1.99. The van der Waals surface area contributed by atoms with Gasteiger partial charge in [0.1, 0.15) is 0 Å². The molecule has 0 aliphatic heterocycles. The number of nitrogens with zero attached hydrogens (tertiary/aromatic N) is 2. The molecule has 0 N–H and O–H groups in total. The summed E-state index contributed by atoms with van der Waals surface area (Å²) in [7, 11) is -3.64. The molecule has 0 aliphatic rings. The first-order valence-corrected chi connectivity index (χ1v) is 10.2. The van der Waals surface area contributed by atoms with Crippen LogP contribution in [0.3, 0.4) is 0 Å². The van der Waals surface area contributed by atoms with E-state index in [9.17, 15) is 8.42 Å². The molecule has 0 amide bonds. The van der Waals surface area contributed by atoms with E-state index in [1.54, 1.807) is 24.3 Å². The van der Waals surface area contributed by atoms with Crippen molar-refractivity contribution in [3.8, 4) is 11.4 Å². The minimum Gasteiger partial charge on any atom is -0.216 e. The maximum Gasteiger partial charge on any atom is 0.235 e. The third-order valence-corrected chi connectivity index (χ3v) is 6.79. The zero-order valence-corrected chi connectivity index (χ0v) is 16.3. The highest BCUT2D eigenvalue weighted by Crippen LogP contribution is 2.29. The second kappa shape index (κ2) is 6.35. The molecule has 0 saturated carbocycles. The van der Waals surface area contributed by atoms with Crippen LogP contribution in [0.5, 0.6) is 0 Å². The van der Waals surface area contributed by atoms with Gasteiger partial charge in [0.05, 0.1) is 4.90 Å². The average molecular weight is 373 g/mol. The Morgan fingerprint density at radius 3 is 2.32 bits per heavy atom. The summed E-state index contributed by atoms with van der Waals surface area (Å²) in [4.78, 5) is 4.53. The van der Waals surface area contributed by atoms with Crippen molar-refractivity contribution in [1.82, 2.24) is 9.36 Å². The second-order valence-electron chi connectivity index (χ2n) is 7.03. The molecule has 0 spiro atoms. The van der Waals surface area contributed by atoms with Gasteiger partial charge in [-0.2, -0.15) is 4.37 Å². The van der Waals surface area contributed by atoms with Gasteiger partial charge in [0, 0.05) is 5.56 Å². The minimum atomic E-state index is -3.64. The van der Waals surface area contributed by atoms with E-state index in [-0.39, 0.29) is 14.7 Å². The molecule has 0 unspecified atom stereocenters. The van der Waals surface area contributed by atoms with Crippen molar-refractivity contribution in [3.63, 3.8) is 0 Å². The Morgan fingerprint density at radius 1 is 1.00 bits per heavy atom. The van der Waals surface area contributed by atoms with Gasteiger partial charge in [-0.1, -0.05) is 56.7 Å². The molecule has 3 aromatic rings. The minimum absolute atomic E-state index is 0.00281. The number of aryl methyl sites for hydroxylation is 1. The molecule has 130 valence electrons. The van der Waals surface area contributed by atoms with Crippen LogP contribution in [0.2, 0.25) is 0 Å². The number of aromatic nitrogens is 2. The normalized spacial score (nSPS) is 12.3. The van der Waals surface area contributed by atoms with Gasteiger partial charge in [-0.25, -0.2) is 13.4 Å². The number of sulfone groups is 1. The van der Waals surface area contributed by atoms with E-state index in [1.165, 1.54) is 0 Å². The molecule has 0 aliphatic carbocycles. The van der Waals surface area contributed by atoms with Crippen molar-refractivity contribution in [2.45, 2.75) is 42.3 Å². The highest BCUT2D eigenvalue weighted by atomic mass is 32.2. The van der Waals surface area contributed by atoms with Gasteiger partial charge >= 0.3 is 0 Å². The van der Waals surface area contributed by atoms with Crippen molar-refractivity contribution in [1.29, 1.82) is 0 Å². The summed E-state index contributed by atoms with van der Waals surface area (Å²) in [6, 6.07) is 14.7. The molecule has 0 bridgehead atoms. The van der Waals surface area contributed by atoms with Gasteiger partial charge in [0.25, 0.3) is 0 Å². The fourth-order valence-corrected chi connectivity index (χ4v) is 4.51. The molecule has 25 heavy (non-hydrogen) atoms. The van der Waals surface area contributed by atoms with Gasteiger partial charge in [0.15, 0.2) is 5.82 Å². The molecule has 0 atom stereocenters. The Morgan fingerprint density at radius 2 is 1.68 bits per heavy atom. The van der Waals surface area contributed by atoms with E-state index >= 15 is 0 Å². The van der Waals surface area contributed by atoms with E-state index in [2.05, 4.69) is 36.2 Å². The molecule has 4 nitrogen and oxygen atoms in total. The molecular formula is C19H20N2O2S2. The topological polar surface area (TPSA) is 59.9 Å². The molecule has 2 aromatic carbocycles. The molecule has 0 fully saturated rings. The molecule has 0 radical (unpaired) electrons. The standard InChI is InChI=1S/C19H20N2O2S2/c1-13-8-10-16(11-9-13)25(22,23)18-20-17(21-24-18)14-6-5-7-15(12-14)19(2,3)4/h5-12H,1-4H3. The predicted octanol–water partition coefficient (Wildman–Crippen LogP) is 4.64. The summed E-state index contributed by atoms with van der Waals surface area (Å²) in [6.07, 6.45) is 0. The van der Waals surface area contributed by atoms with Gasteiger partial charge in [-0.05, 0) is 47.6 Å². The Labute approximate surface area is 152 Å². The van der Waals surface area contributed by atoms with Crippen molar-refractivity contribution >= 4 is 21.4 Å². The Hall–Kier alpha value is -2.05. The first-order chi connectivity index (χ1) is 11.7. The van der Waals surface area contributed by atoms with Gasteiger partial charge in [0.2, 0.25) is 14.2 Å². The van der Waals surface area contributed by atoms with E-state index in [0.717, 1.165) is 28.2 Å². The zero-order chi connectivity index (χ0) is 18.2. The fourth-order valence-electron chi connectivity index (χ4n) is 2.38. The maximum atomic E-state index is 12.7.